The number of rotatable bonds is 3. The standard InChI is InChI=1S/C15H18FNO3/c1-20-12-9-10(4-5-11(12)16)14(18)17-8-2-3-13(17)15(19)6-7-15/h4-5,9,13,19H,2-3,6-8H2,1H3. The number of carbonyl (C=O) groups is 1. The lowest BCUT2D eigenvalue weighted by molar-refractivity contribution is 0.0386. The van der Waals surface area contributed by atoms with Crippen LogP contribution in [0.3, 0.4) is 0 Å². The van der Waals surface area contributed by atoms with Gasteiger partial charge in [0, 0.05) is 12.1 Å². The van der Waals surface area contributed by atoms with Crippen LogP contribution in [0.2, 0.25) is 0 Å². The van der Waals surface area contributed by atoms with E-state index in [9.17, 15) is 14.3 Å². The van der Waals surface area contributed by atoms with Gasteiger partial charge in [0.2, 0.25) is 0 Å². The molecule has 2 fully saturated rings. The molecular weight excluding hydrogens is 261 g/mol. The van der Waals surface area contributed by atoms with E-state index in [2.05, 4.69) is 0 Å². The van der Waals surface area contributed by atoms with E-state index in [-0.39, 0.29) is 17.7 Å². The lowest BCUT2D eigenvalue weighted by atomic mass is 10.1. The van der Waals surface area contributed by atoms with Crippen LogP contribution in [0.1, 0.15) is 36.0 Å². The predicted octanol–water partition coefficient (Wildman–Crippen LogP) is 1.96. The van der Waals surface area contributed by atoms with Gasteiger partial charge in [0.15, 0.2) is 11.6 Å². The molecule has 0 radical (unpaired) electrons. The quantitative estimate of drug-likeness (QED) is 0.920. The summed E-state index contributed by atoms with van der Waals surface area (Å²) in [7, 11) is 1.37. The third kappa shape index (κ3) is 2.16. The first-order valence-electron chi connectivity index (χ1n) is 6.92. The number of carbonyl (C=O) groups excluding carboxylic acids is 1. The summed E-state index contributed by atoms with van der Waals surface area (Å²) in [6.07, 6.45) is 3.25. The van der Waals surface area contributed by atoms with Crippen molar-refractivity contribution in [3.8, 4) is 5.75 Å². The number of aliphatic hydroxyl groups is 1. The summed E-state index contributed by atoms with van der Waals surface area (Å²) in [5, 5.41) is 10.3. The van der Waals surface area contributed by atoms with E-state index < -0.39 is 11.4 Å². The molecule has 2 aliphatic rings. The molecule has 1 amide bonds. The number of hydrogen-bond donors (Lipinski definition) is 1. The molecule has 5 heteroatoms. The summed E-state index contributed by atoms with van der Waals surface area (Å²) in [6.45, 7) is 0.644. The van der Waals surface area contributed by atoms with Crippen molar-refractivity contribution in [2.75, 3.05) is 13.7 Å². The zero-order chi connectivity index (χ0) is 14.3. The maximum absolute atomic E-state index is 13.4. The molecule has 1 heterocycles. The Balaban J connectivity index is 1.85. The normalized spacial score (nSPS) is 23.8. The van der Waals surface area contributed by atoms with Gasteiger partial charge in [-0.1, -0.05) is 0 Å². The fourth-order valence-electron chi connectivity index (χ4n) is 2.99. The van der Waals surface area contributed by atoms with Crippen molar-refractivity contribution >= 4 is 5.91 Å². The Kier molecular flexibility index (Phi) is 3.17. The Labute approximate surface area is 117 Å². The summed E-state index contributed by atoms with van der Waals surface area (Å²) in [4.78, 5) is 14.3. The molecule has 108 valence electrons. The molecule has 1 N–H and O–H groups in total. The van der Waals surface area contributed by atoms with Gasteiger partial charge in [-0.05, 0) is 43.9 Å². The van der Waals surface area contributed by atoms with Crippen molar-refractivity contribution in [1.82, 2.24) is 4.90 Å². The molecule has 3 rings (SSSR count). The van der Waals surface area contributed by atoms with E-state index in [4.69, 9.17) is 4.74 Å². The third-order valence-corrected chi connectivity index (χ3v) is 4.29. The molecule has 0 spiro atoms. The maximum atomic E-state index is 13.4. The Morgan fingerprint density at radius 3 is 2.90 bits per heavy atom. The van der Waals surface area contributed by atoms with Crippen LogP contribution in [0.5, 0.6) is 5.75 Å². The Bertz CT molecular complexity index is 542. The van der Waals surface area contributed by atoms with Crippen molar-refractivity contribution in [3.05, 3.63) is 29.6 Å². The first kappa shape index (κ1) is 13.4. The Hall–Kier alpha value is -1.62. The highest BCUT2D eigenvalue weighted by Crippen LogP contribution is 2.45. The zero-order valence-corrected chi connectivity index (χ0v) is 11.4. The van der Waals surface area contributed by atoms with Crippen molar-refractivity contribution in [2.45, 2.75) is 37.3 Å². The number of methoxy groups -OCH3 is 1. The van der Waals surface area contributed by atoms with Gasteiger partial charge in [-0.2, -0.15) is 0 Å². The highest BCUT2D eigenvalue weighted by molar-refractivity contribution is 5.95. The van der Waals surface area contributed by atoms with Gasteiger partial charge in [0.25, 0.3) is 5.91 Å². The van der Waals surface area contributed by atoms with Crippen molar-refractivity contribution in [1.29, 1.82) is 0 Å². The van der Waals surface area contributed by atoms with E-state index in [0.29, 0.717) is 12.1 Å². The van der Waals surface area contributed by atoms with Crippen LogP contribution >= 0.6 is 0 Å². The lowest BCUT2D eigenvalue weighted by Gasteiger charge is -2.29. The summed E-state index contributed by atoms with van der Waals surface area (Å²) in [5.74, 6) is -0.578. The van der Waals surface area contributed by atoms with Crippen LogP contribution in [0, 0.1) is 5.82 Å². The van der Waals surface area contributed by atoms with Gasteiger partial charge in [-0.3, -0.25) is 4.79 Å². The van der Waals surface area contributed by atoms with Gasteiger partial charge < -0.3 is 14.7 Å². The minimum atomic E-state index is -0.698. The molecule has 1 aliphatic heterocycles. The fourth-order valence-corrected chi connectivity index (χ4v) is 2.99. The number of amides is 1. The number of ether oxygens (including phenoxy) is 1. The van der Waals surface area contributed by atoms with Crippen LogP contribution in [-0.2, 0) is 0 Å². The smallest absolute Gasteiger partial charge is 0.254 e. The molecule has 20 heavy (non-hydrogen) atoms. The van der Waals surface area contributed by atoms with Crippen LogP contribution in [-0.4, -0.2) is 41.2 Å². The highest BCUT2D eigenvalue weighted by Gasteiger charge is 2.52. The van der Waals surface area contributed by atoms with Crippen LogP contribution in [0.4, 0.5) is 4.39 Å². The summed E-state index contributed by atoms with van der Waals surface area (Å²) in [5.41, 5.74) is -0.296. The van der Waals surface area contributed by atoms with E-state index in [0.717, 1.165) is 25.7 Å². The largest absolute Gasteiger partial charge is 0.494 e. The molecule has 1 atom stereocenters. The van der Waals surface area contributed by atoms with Gasteiger partial charge in [0.1, 0.15) is 0 Å². The molecule has 1 saturated heterocycles. The minimum Gasteiger partial charge on any atom is -0.494 e. The minimum absolute atomic E-state index is 0.0664. The number of benzene rings is 1. The van der Waals surface area contributed by atoms with Gasteiger partial charge in [-0.15, -0.1) is 0 Å². The topological polar surface area (TPSA) is 49.8 Å². The molecule has 4 nitrogen and oxygen atoms in total. The maximum Gasteiger partial charge on any atom is 0.254 e. The number of halogens is 1. The van der Waals surface area contributed by atoms with Gasteiger partial charge >= 0.3 is 0 Å². The summed E-state index contributed by atoms with van der Waals surface area (Å²) < 4.78 is 18.3. The number of hydrogen-bond acceptors (Lipinski definition) is 3. The van der Waals surface area contributed by atoms with Crippen LogP contribution in [0.25, 0.3) is 0 Å². The SMILES string of the molecule is COc1cc(C(=O)N2CCCC2C2(O)CC2)ccc1F. The second kappa shape index (κ2) is 4.74. The number of likely N-dealkylation sites (tertiary alicyclic amines) is 1. The van der Waals surface area contributed by atoms with E-state index in [1.54, 1.807) is 4.90 Å². The second-order valence-corrected chi connectivity index (χ2v) is 5.61. The molecule has 0 aromatic heterocycles. The molecule has 1 saturated carbocycles. The summed E-state index contributed by atoms with van der Waals surface area (Å²) >= 11 is 0. The molecule has 1 unspecified atom stereocenters. The molecule has 1 aromatic rings. The third-order valence-electron chi connectivity index (χ3n) is 4.29. The highest BCUT2D eigenvalue weighted by atomic mass is 19.1. The first-order valence-corrected chi connectivity index (χ1v) is 6.92. The predicted molar refractivity (Wildman–Crippen MR) is 71.2 cm³/mol. The van der Waals surface area contributed by atoms with Crippen LogP contribution in [0.15, 0.2) is 18.2 Å². The fraction of sp³-hybridized carbons (Fsp3) is 0.533. The molecular formula is C15H18FNO3. The van der Waals surface area contributed by atoms with Crippen molar-refractivity contribution in [2.24, 2.45) is 0 Å². The van der Waals surface area contributed by atoms with Gasteiger partial charge in [-0.25, -0.2) is 4.39 Å². The molecule has 0 bridgehead atoms. The van der Waals surface area contributed by atoms with Crippen molar-refractivity contribution < 1.29 is 19.0 Å². The van der Waals surface area contributed by atoms with E-state index in [1.807, 2.05) is 0 Å². The monoisotopic (exact) mass is 279 g/mol. The van der Waals surface area contributed by atoms with Crippen LogP contribution < -0.4 is 4.74 Å². The average molecular weight is 279 g/mol. The zero-order valence-electron chi connectivity index (χ0n) is 11.4. The molecule has 1 aliphatic carbocycles. The second-order valence-electron chi connectivity index (χ2n) is 5.61. The Morgan fingerprint density at radius 1 is 1.50 bits per heavy atom. The van der Waals surface area contributed by atoms with E-state index >= 15 is 0 Å². The summed E-state index contributed by atoms with van der Waals surface area (Å²) in [6, 6.07) is 4.02. The Morgan fingerprint density at radius 2 is 2.25 bits per heavy atom. The van der Waals surface area contributed by atoms with Gasteiger partial charge in [0.05, 0.1) is 18.8 Å². The number of nitrogens with zero attached hydrogens (tertiary/aromatic N) is 1. The van der Waals surface area contributed by atoms with Crippen molar-refractivity contribution in [3.63, 3.8) is 0 Å². The molecule has 1 aromatic carbocycles. The van der Waals surface area contributed by atoms with E-state index in [1.165, 1.54) is 25.3 Å². The lowest BCUT2D eigenvalue weighted by Crippen LogP contribution is -2.44. The average Bonchev–Trinajstić information content (AvgIpc) is 3.01. The first-order chi connectivity index (χ1) is 9.55.